The first-order chi connectivity index (χ1) is 4.68. The number of aliphatic carboxylic acids is 1. The molecule has 2 N–H and O–H groups in total. The van der Waals surface area contributed by atoms with Crippen molar-refractivity contribution < 1.29 is 15.0 Å². The van der Waals surface area contributed by atoms with Crippen LogP contribution >= 0.6 is 0 Å². The van der Waals surface area contributed by atoms with Gasteiger partial charge in [-0.3, -0.25) is 0 Å². The standard InChI is InChI=1S/C4H6O2.C3H6O/c1-2-3-4(5)6;1-2-3-4/h2-3H,1H3,(H,5,6);2,4H,1,3H2/b3-2+;. The van der Waals surface area contributed by atoms with Gasteiger partial charge in [0.1, 0.15) is 0 Å². The summed E-state index contributed by atoms with van der Waals surface area (Å²) in [6.45, 7) is 4.97. The zero-order chi connectivity index (χ0) is 8.41. The fourth-order valence-electron chi connectivity index (χ4n) is 0.143. The third-order valence-corrected chi connectivity index (χ3v) is 0.438. The van der Waals surface area contributed by atoms with Gasteiger partial charge in [0.25, 0.3) is 0 Å². The Balaban J connectivity index is 0. The molecule has 0 aromatic heterocycles. The first-order valence-electron chi connectivity index (χ1n) is 2.76. The Morgan fingerprint density at radius 3 is 2.10 bits per heavy atom. The van der Waals surface area contributed by atoms with E-state index in [1.165, 1.54) is 12.2 Å². The molecule has 0 heterocycles. The van der Waals surface area contributed by atoms with Crippen LogP contribution in [0.25, 0.3) is 0 Å². The molecule has 0 atom stereocenters. The van der Waals surface area contributed by atoms with Crippen molar-refractivity contribution in [2.75, 3.05) is 6.61 Å². The van der Waals surface area contributed by atoms with Gasteiger partial charge in [0.05, 0.1) is 6.61 Å². The molecule has 3 nitrogen and oxygen atoms in total. The van der Waals surface area contributed by atoms with Crippen LogP contribution in [-0.2, 0) is 4.79 Å². The molecule has 0 aromatic carbocycles. The maximum Gasteiger partial charge on any atom is 0.327 e. The first kappa shape index (κ1) is 11.7. The molecule has 0 rings (SSSR count). The van der Waals surface area contributed by atoms with Gasteiger partial charge < -0.3 is 10.2 Å². The van der Waals surface area contributed by atoms with Crippen molar-refractivity contribution in [1.82, 2.24) is 0 Å². The number of hydrogen-bond acceptors (Lipinski definition) is 2. The van der Waals surface area contributed by atoms with Crippen molar-refractivity contribution in [1.29, 1.82) is 0 Å². The maximum atomic E-state index is 9.51. The molecule has 0 unspecified atom stereocenters. The monoisotopic (exact) mass is 144 g/mol. The molecule has 0 bridgehead atoms. The number of aliphatic hydroxyl groups excluding tert-OH is 1. The fraction of sp³-hybridized carbons (Fsp3) is 0.286. The normalized spacial score (nSPS) is 8.20. The molecule has 58 valence electrons. The minimum atomic E-state index is -0.891. The van der Waals surface area contributed by atoms with Crippen molar-refractivity contribution >= 4 is 5.97 Å². The summed E-state index contributed by atoms with van der Waals surface area (Å²) in [5, 5.41) is 15.6. The summed E-state index contributed by atoms with van der Waals surface area (Å²) in [4.78, 5) is 9.51. The third kappa shape index (κ3) is 28.5. The predicted molar refractivity (Wildman–Crippen MR) is 39.7 cm³/mol. The topological polar surface area (TPSA) is 57.5 Å². The Kier molecular flexibility index (Phi) is 12.6. The van der Waals surface area contributed by atoms with Crippen LogP contribution in [0.3, 0.4) is 0 Å². The summed E-state index contributed by atoms with van der Waals surface area (Å²) in [5.41, 5.74) is 0. The largest absolute Gasteiger partial charge is 0.478 e. The minimum absolute atomic E-state index is 0.0833. The van der Waals surface area contributed by atoms with Gasteiger partial charge in [-0.2, -0.15) is 0 Å². The molecule has 0 spiro atoms. The highest BCUT2D eigenvalue weighted by Gasteiger charge is 1.76. The number of hydrogen-bond donors (Lipinski definition) is 2. The quantitative estimate of drug-likeness (QED) is 0.445. The zero-order valence-corrected chi connectivity index (χ0v) is 5.95. The Morgan fingerprint density at radius 1 is 1.70 bits per heavy atom. The van der Waals surface area contributed by atoms with Gasteiger partial charge in [0.2, 0.25) is 0 Å². The lowest BCUT2D eigenvalue weighted by Crippen LogP contribution is -1.83. The van der Waals surface area contributed by atoms with Gasteiger partial charge >= 0.3 is 5.97 Å². The Morgan fingerprint density at radius 2 is 2.10 bits per heavy atom. The lowest BCUT2D eigenvalue weighted by atomic mass is 10.5. The predicted octanol–water partition coefficient (Wildman–Crippen LogP) is 0.812. The van der Waals surface area contributed by atoms with Crippen molar-refractivity contribution in [2.24, 2.45) is 0 Å². The average molecular weight is 144 g/mol. The molecule has 0 fully saturated rings. The highest BCUT2D eigenvalue weighted by Crippen LogP contribution is 1.65. The summed E-state index contributed by atoms with van der Waals surface area (Å²) in [7, 11) is 0. The smallest absolute Gasteiger partial charge is 0.327 e. The van der Waals surface area contributed by atoms with Crippen molar-refractivity contribution in [3.05, 3.63) is 24.8 Å². The highest BCUT2D eigenvalue weighted by atomic mass is 16.4. The SMILES string of the molecule is C/C=C/C(=O)O.C=CCO. The van der Waals surface area contributed by atoms with Crippen molar-refractivity contribution in [3.8, 4) is 0 Å². The Hall–Kier alpha value is -1.09. The number of carboxylic acids is 1. The van der Waals surface area contributed by atoms with E-state index in [9.17, 15) is 4.79 Å². The molecule has 0 aliphatic carbocycles. The van der Waals surface area contributed by atoms with Crippen LogP contribution in [0.4, 0.5) is 0 Å². The van der Waals surface area contributed by atoms with Crippen molar-refractivity contribution in [3.63, 3.8) is 0 Å². The van der Waals surface area contributed by atoms with Gasteiger partial charge in [0.15, 0.2) is 0 Å². The van der Waals surface area contributed by atoms with Crippen LogP contribution < -0.4 is 0 Å². The molecule has 0 aliphatic rings. The van der Waals surface area contributed by atoms with E-state index in [0.29, 0.717) is 0 Å². The van der Waals surface area contributed by atoms with Gasteiger partial charge in [-0.1, -0.05) is 12.2 Å². The second kappa shape index (κ2) is 10.8. The van der Waals surface area contributed by atoms with E-state index in [4.69, 9.17) is 10.2 Å². The van der Waals surface area contributed by atoms with Gasteiger partial charge in [-0.25, -0.2) is 4.79 Å². The lowest BCUT2D eigenvalue weighted by Gasteiger charge is -1.68. The zero-order valence-electron chi connectivity index (χ0n) is 5.95. The van der Waals surface area contributed by atoms with Crippen molar-refractivity contribution in [2.45, 2.75) is 6.92 Å². The van der Waals surface area contributed by atoms with E-state index in [1.54, 1.807) is 6.92 Å². The van der Waals surface area contributed by atoms with E-state index < -0.39 is 5.97 Å². The van der Waals surface area contributed by atoms with E-state index in [1.807, 2.05) is 0 Å². The van der Waals surface area contributed by atoms with E-state index in [2.05, 4.69) is 6.58 Å². The maximum absolute atomic E-state index is 9.51. The third-order valence-electron chi connectivity index (χ3n) is 0.438. The van der Waals surface area contributed by atoms with Gasteiger partial charge in [-0.15, -0.1) is 6.58 Å². The van der Waals surface area contributed by atoms with Crippen LogP contribution in [0, 0.1) is 0 Å². The van der Waals surface area contributed by atoms with E-state index in [0.717, 1.165) is 6.08 Å². The summed E-state index contributed by atoms with van der Waals surface area (Å²) >= 11 is 0. The minimum Gasteiger partial charge on any atom is -0.478 e. The second-order valence-electron chi connectivity index (χ2n) is 1.31. The number of carbonyl (C=O) groups is 1. The molecule has 3 heteroatoms. The number of carboxylic acid groups (broad SMARTS) is 1. The summed E-state index contributed by atoms with van der Waals surface area (Å²) in [6, 6.07) is 0. The van der Waals surface area contributed by atoms with Crippen LogP contribution in [-0.4, -0.2) is 22.8 Å². The van der Waals surface area contributed by atoms with Crippen LogP contribution in [0.15, 0.2) is 24.8 Å². The molecule has 0 saturated carbocycles. The van der Waals surface area contributed by atoms with Crippen LogP contribution in [0.5, 0.6) is 0 Å². The molecule has 0 aliphatic heterocycles. The van der Waals surface area contributed by atoms with E-state index >= 15 is 0 Å². The van der Waals surface area contributed by atoms with Gasteiger partial charge in [0, 0.05) is 6.08 Å². The highest BCUT2D eigenvalue weighted by molar-refractivity contribution is 5.79. The fourth-order valence-corrected chi connectivity index (χ4v) is 0.143. The average Bonchev–Trinajstić information content (AvgIpc) is 1.89. The molecule has 10 heavy (non-hydrogen) atoms. The number of aliphatic hydroxyl groups is 1. The van der Waals surface area contributed by atoms with Gasteiger partial charge in [-0.05, 0) is 6.92 Å². The molecular weight excluding hydrogens is 132 g/mol. The number of allylic oxidation sites excluding steroid dienone is 1. The summed E-state index contributed by atoms with van der Waals surface area (Å²) < 4.78 is 0. The van der Waals surface area contributed by atoms with E-state index in [-0.39, 0.29) is 6.61 Å². The second-order valence-corrected chi connectivity index (χ2v) is 1.31. The first-order valence-corrected chi connectivity index (χ1v) is 2.76. The summed E-state index contributed by atoms with van der Waals surface area (Å²) in [5.74, 6) is -0.891. The Bertz CT molecular complexity index is 116. The lowest BCUT2D eigenvalue weighted by molar-refractivity contribution is -0.131. The number of rotatable bonds is 2. The molecular formula is C7H12O3. The molecule has 0 saturated heterocycles. The molecule has 0 amide bonds. The molecule has 0 radical (unpaired) electrons. The molecule has 0 aromatic rings. The Labute approximate surface area is 60.3 Å². The van der Waals surface area contributed by atoms with Crippen LogP contribution in [0.2, 0.25) is 0 Å². The summed E-state index contributed by atoms with van der Waals surface area (Å²) in [6.07, 6.45) is 3.99. The van der Waals surface area contributed by atoms with Crippen LogP contribution in [0.1, 0.15) is 6.92 Å².